The minimum atomic E-state index is -0.900. The normalized spacial score (nSPS) is 12.0. The van der Waals surface area contributed by atoms with E-state index in [-0.39, 0.29) is 0 Å². The topological polar surface area (TPSA) is 75.2 Å². The second-order valence-electron chi connectivity index (χ2n) is 5.61. The van der Waals surface area contributed by atoms with Crippen molar-refractivity contribution in [3.63, 3.8) is 0 Å². The average molecular weight is 324 g/mol. The molecule has 0 aliphatic carbocycles. The molecule has 6 nitrogen and oxygen atoms in total. The van der Waals surface area contributed by atoms with Crippen LogP contribution in [-0.2, 0) is 0 Å². The summed E-state index contributed by atoms with van der Waals surface area (Å²) in [6.45, 7) is 1.85. The highest BCUT2D eigenvalue weighted by Gasteiger charge is 2.19. The summed E-state index contributed by atoms with van der Waals surface area (Å²) in [4.78, 5) is 11.7. The van der Waals surface area contributed by atoms with Crippen LogP contribution in [0.25, 0.3) is 38.8 Å². The summed E-state index contributed by atoms with van der Waals surface area (Å²) in [5, 5.41) is 7.43. The number of pyridine rings is 1. The molecule has 0 atom stereocenters. The molecule has 5 aromatic rings. The Morgan fingerprint density at radius 3 is 2.79 bits per heavy atom. The van der Waals surface area contributed by atoms with E-state index in [9.17, 15) is 8.78 Å². The standard InChI is InChI=1S/C16H10F2N6/c1-7-12(4-11-16(22-7)20-6-19-11)24-13-3-10(18)9(17)2-8(13)15-14(24)5-21-23-15/h2-6H,1H3,(H,21,23)(H,19,20,22). The number of imidazole rings is 1. The molecule has 0 aliphatic rings. The summed E-state index contributed by atoms with van der Waals surface area (Å²) in [6.07, 6.45) is 3.19. The highest BCUT2D eigenvalue weighted by atomic mass is 19.2. The Hall–Kier alpha value is -3.29. The number of nitrogens with zero attached hydrogens (tertiary/aromatic N) is 4. The van der Waals surface area contributed by atoms with Gasteiger partial charge in [-0.05, 0) is 19.1 Å². The van der Waals surface area contributed by atoms with Crippen molar-refractivity contribution in [1.29, 1.82) is 0 Å². The number of aryl methyl sites for hydroxylation is 1. The molecule has 0 radical (unpaired) electrons. The van der Waals surface area contributed by atoms with Gasteiger partial charge >= 0.3 is 0 Å². The summed E-state index contributed by atoms with van der Waals surface area (Å²) in [5.41, 5.74) is 4.74. The van der Waals surface area contributed by atoms with Gasteiger partial charge in [0.2, 0.25) is 0 Å². The Labute approximate surface area is 133 Å². The number of benzene rings is 1. The Morgan fingerprint density at radius 1 is 1.08 bits per heavy atom. The molecule has 2 N–H and O–H groups in total. The molecule has 8 heteroatoms. The van der Waals surface area contributed by atoms with Crippen LogP contribution in [0.4, 0.5) is 8.78 Å². The average Bonchev–Trinajstić information content (AvgIpc) is 3.24. The third kappa shape index (κ3) is 1.59. The molecule has 4 aromatic heterocycles. The summed E-state index contributed by atoms with van der Waals surface area (Å²) in [5.74, 6) is -1.79. The molecule has 0 saturated carbocycles. The van der Waals surface area contributed by atoms with E-state index in [1.165, 1.54) is 12.1 Å². The van der Waals surface area contributed by atoms with Crippen LogP contribution in [0.1, 0.15) is 5.69 Å². The third-order valence-corrected chi connectivity index (χ3v) is 4.22. The molecule has 0 spiro atoms. The Bertz CT molecular complexity index is 1250. The number of rotatable bonds is 1. The van der Waals surface area contributed by atoms with Crippen LogP contribution in [0.3, 0.4) is 0 Å². The quantitative estimate of drug-likeness (QED) is 0.496. The first-order valence-corrected chi connectivity index (χ1v) is 7.27. The maximum Gasteiger partial charge on any atom is 0.160 e. The first kappa shape index (κ1) is 13.2. The highest BCUT2D eigenvalue weighted by Crippen LogP contribution is 2.33. The lowest BCUT2D eigenvalue weighted by Crippen LogP contribution is -2.00. The van der Waals surface area contributed by atoms with Crippen molar-refractivity contribution in [3.05, 3.63) is 48.1 Å². The zero-order valence-electron chi connectivity index (χ0n) is 12.4. The molecular weight excluding hydrogens is 314 g/mol. The minimum Gasteiger partial charge on any atom is -0.329 e. The predicted octanol–water partition coefficient (Wildman–Crippen LogP) is 3.36. The molecule has 118 valence electrons. The summed E-state index contributed by atoms with van der Waals surface area (Å²) in [7, 11) is 0. The molecule has 24 heavy (non-hydrogen) atoms. The second kappa shape index (κ2) is 4.38. The van der Waals surface area contributed by atoms with Crippen LogP contribution in [-0.4, -0.2) is 29.7 Å². The molecule has 0 aliphatic heterocycles. The number of halogens is 2. The second-order valence-corrected chi connectivity index (χ2v) is 5.61. The van der Waals surface area contributed by atoms with Crippen molar-refractivity contribution in [2.45, 2.75) is 6.92 Å². The van der Waals surface area contributed by atoms with Gasteiger partial charge in [-0.1, -0.05) is 0 Å². The number of fused-ring (bicyclic) bond motifs is 4. The fourth-order valence-corrected chi connectivity index (χ4v) is 3.14. The van der Waals surface area contributed by atoms with Gasteiger partial charge in [0.05, 0.1) is 40.5 Å². The maximum absolute atomic E-state index is 13.8. The predicted molar refractivity (Wildman–Crippen MR) is 85.0 cm³/mol. The Balaban J connectivity index is 1.97. The van der Waals surface area contributed by atoms with E-state index in [1.807, 2.05) is 17.6 Å². The maximum atomic E-state index is 13.8. The summed E-state index contributed by atoms with van der Waals surface area (Å²) >= 11 is 0. The van der Waals surface area contributed by atoms with Crippen molar-refractivity contribution in [2.75, 3.05) is 0 Å². The minimum absolute atomic E-state index is 0.539. The van der Waals surface area contributed by atoms with Crippen LogP contribution in [0.5, 0.6) is 0 Å². The molecule has 0 saturated heterocycles. The molecule has 0 amide bonds. The van der Waals surface area contributed by atoms with Gasteiger partial charge < -0.3 is 9.55 Å². The van der Waals surface area contributed by atoms with Gasteiger partial charge in [0.15, 0.2) is 17.3 Å². The van der Waals surface area contributed by atoms with E-state index >= 15 is 0 Å². The molecule has 0 fully saturated rings. The summed E-state index contributed by atoms with van der Waals surface area (Å²) < 4.78 is 29.3. The number of hydrogen-bond acceptors (Lipinski definition) is 3. The van der Waals surface area contributed by atoms with Gasteiger partial charge in [0.25, 0.3) is 0 Å². The summed E-state index contributed by atoms with van der Waals surface area (Å²) in [6, 6.07) is 4.23. The number of H-pyrrole nitrogens is 2. The molecule has 0 unspecified atom stereocenters. The Kier molecular flexibility index (Phi) is 2.40. The number of hydrogen-bond donors (Lipinski definition) is 2. The zero-order valence-corrected chi connectivity index (χ0v) is 12.4. The number of nitrogens with one attached hydrogen (secondary N) is 2. The molecule has 4 heterocycles. The lowest BCUT2D eigenvalue weighted by molar-refractivity contribution is 0.510. The third-order valence-electron chi connectivity index (χ3n) is 4.22. The van der Waals surface area contributed by atoms with Crippen molar-refractivity contribution >= 4 is 33.1 Å². The van der Waals surface area contributed by atoms with Gasteiger partial charge in [0.1, 0.15) is 5.52 Å². The molecule has 1 aromatic carbocycles. The van der Waals surface area contributed by atoms with E-state index < -0.39 is 11.6 Å². The van der Waals surface area contributed by atoms with Crippen LogP contribution < -0.4 is 0 Å². The smallest absolute Gasteiger partial charge is 0.160 e. The fraction of sp³-hybridized carbons (Fsp3) is 0.0625. The van der Waals surface area contributed by atoms with Crippen LogP contribution in [0, 0.1) is 18.6 Å². The first-order chi connectivity index (χ1) is 11.6. The van der Waals surface area contributed by atoms with Gasteiger partial charge in [0, 0.05) is 11.5 Å². The van der Waals surface area contributed by atoms with E-state index in [4.69, 9.17) is 0 Å². The first-order valence-electron chi connectivity index (χ1n) is 7.27. The van der Waals surface area contributed by atoms with Gasteiger partial charge in [-0.25, -0.2) is 18.7 Å². The van der Waals surface area contributed by atoms with Crippen LogP contribution in [0.2, 0.25) is 0 Å². The molecule has 0 bridgehead atoms. The van der Waals surface area contributed by atoms with Gasteiger partial charge in [-0.15, -0.1) is 0 Å². The van der Waals surface area contributed by atoms with Crippen molar-refractivity contribution in [1.82, 2.24) is 29.7 Å². The van der Waals surface area contributed by atoms with E-state index in [1.54, 1.807) is 12.5 Å². The Morgan fingerprint density at radius 2 is 1.92 bits per heavy atom. The van der Waals surface area contributed by atoms with Crippen LogP contribution in [0.15, 0.2) is 30.7 Å². The molecule has 5 rings (SSSR count). The lowest BCUT2D eigenvalue weighted by atomic mass is 10.2. The van der Waals surface area contributed by atoms with Gasteiger partial charge in [-0.2, -0.15) is 5.10 Å². The number of aromatic amines is 2. The van der Waals surface area contributed by atoms with Crippen molar-refractivity contribution < 1.29 is 8.78 Å². The largest absolute Gasteiger partial charge is 0.329 e. The fourth-order valence-electron chi connectivity index (χ4n) is 3.14. The van der Waals surface area contributed by atoms with Crippen molar-refractivity contribution in [3.8, 4) is 5.69 Å². The van der Waals surface area contributed by atoms with E-state index in [2.05, 4.69) is 25.1 Å². The van der Waals surface area contributed by atoms with Gasteiger partial charge in [-0.3, -0.25) is 5.10 Å². The van der Waals surface area contributed by atoms with E-state index in [0.29, 0.717) is 27.6 Å². The monoisotopic (exact) mass is 324 g/mol. The molecular formula is C16H10F2N6. The SMILES string of the molecule is Cc1nc2[nH]cnc2cc1-n1c2cc(F)c(F)cc2c2[nH]ncc21. The van der Waals surface area contributed by atoms with E-state index in [0.717, 1.165) is 16.9 Å². The lowest BCUT2D eigenvalue weighted by Gasteiger charge is -2.09. The van der Waals surface area contributed by atoms with Crippen molar-refractivity contribution in [2.24, 2.45) is 0 Å². The van der Waals surface area contributed by atoms with Crippen LogP contribution >= 0.6 is 0 Å². The number of aromatic nitrogens is 6. The highest BCUT2D eigenvalue weighted by molar-refractivity contribution is 6.07. The zero-order chi connectivity index (χ0) is 16.4.